The summed E-state index contributed by atoms with van der Waals surface area (Å²) in [6.45, 7) is 3.11. The Labute approximate surface area is 112 Å². The molecule has 4 nitrogen and oxygen atoms in total. The van der Waals surface area contributed by atoms with E-state index in [1.807, 2.05) is 5.38 Å². The van der Waals surface area contributed by atoms with Crippen molar-refractivity contribution in [2.75, 3.05) is 32.4 Å². The van der Waals surface area contributed by atoms with Crippen LogP contribution in [0.15, 0.2) is 11.4 Å². The van der Waals surface area contributed by atoms with Crippen LogP contribution in [-0.2, 0) is 0 Å². The number of nitrogens with one attached hydrogen (secondary N) is 1. The zero-order chi connectivity index (χ0) is 13.0. The van der Waals surface area contributed by atoms with Gasteiger partial charge in [0.15, 0.2) is 0 Å². The van der Waals surface area contributed by atoms with E-state index in [0.29, 0.717) is 10.6 Å². The van der Waals surface area contributed by atoms with E-state index in [-0.39, 0.29) is 5.91 Å². The molecule has 0 unspecified atom stereocenters. The highest BCUT2D eigenvalue weighted by molar-refractivity contribution is 7.12. The molecule has 0 spiro atoms. The molecule has 0 aliphatic carbocycles. The first-order valence-electron chi connectivity index (χ1n) is 6.46. The monoisotopic (exact) mass is 267 g/mol. The van der Waals surface area contributed by atoms with E-state index in [2.05, 4.69) is 17.3 Å². The van der Waals surface area contributed by atoms with Crippen molar-refractivity contribution in [3.05, 3.63) is 16.3 Å². The van der Waals surface area contributed by atoms with Gasteiger partial charge in [-0.15, -0.1) is 11.3 Å². The summed E-state index contributed by atoms with van der Waals surface area (Å²) in [6.07, 6.45) is 3.56. The Bertz CT molecular complexity index is 397. The minimum atomic E-state index is -0.0320. The fourth-order valence-corrected chi connectivity index (χ4v) is 3.06. The van der Waals surface area contributed by atoms with E-state index >= 15 is 0 Å². The highest BCUT2D eigenvalue weighted by atomic mass is 32.1. The SMILES string of the molecule is CN1CCC(CCNC(=O)c2sccc2N)CC1. The largest absolute Gasteiger partial charge is 0.397 e. The smallest absolute Gasteiger partial charge is 0.263 e. The molecule has 0 atom stereocenters. The number of nitrogen functional groups attached to an aromatic ring is 1. The predicted molar refractivity (Wildman–Crippen MR) is 75.9 cm³/mol. The molecule has 1 amide bonds. The number of carbonyl (C=O) groups is 1. The third-order valence-electron chi connectivity index (χ3n) is 3.58. The summed E-state index contributed by atoms with van der Waals surface area (Å²) < 4.78 is 0. The Hall–Kier alpha value is -1.07. The van der Waals surface area contributed by atoms with Gasteiger partial charge in [0.1, 0.15) is 4.88 Å². The number of anilines is 1. The standard InChI is InChI=1S/C13H21N3OS/c1-16-7-3-10(4-8-16)2-6-15-13(17)12-11(14)5-9-18-12/h5,9-10H,2-4,6-8,14H2,1H3,(H,15,17). The average molecular weight is 267 g/mol. The number of nitrogens with zero attached hydrogens (tertiary/aromatic N) is 1. The lowest BCUT2D eigenvalue weighted by Gasteiger charge is -2.28. The van der Waals surface area contributed by atoms with Crippen molar-refractivity contribution in [3.8, 4) is 0 Å². The molecule has 0 saturated carbocycles. The average Bonchev–Trinajstić information content (AvgIpc) is 2.78. The number of likely N-dealkylation sites (tertiary alicyclic amines) is 1. The molecule has 3 N–H and O–H groups in total. The summed E-state index contributed by atoms with van der Waals surface area (Å²) in [7, 11) is 2.16. The van der Waals surface area contributed by atoms with Crippen LogP contribution in [0.4, 0.5) is 5.69 Å². The summed E-state index contributed by atoms with van der Waals surface area (Å²) >= 11 is 1.40. The third-order valence-corrected chi connectivity index (χ3v) is 4.51. The molecule has 0 radical (unpaired) electrons. The van der Waals surface area contributed by atoms with Crippen LogP contribution in [0.3, 0.4) is 0 Å². The normalized spacial score (nSPS) is 17.8. The molecule has 1 aliphatic rings. The fourth-order valence-electron chi connectivity index (χ4n) is 2.32. The predicted octanol–water partition coefficient (Wildman–Crippen LogP) is 1.79. The molecule has 1 aliphatic heterocycles. The van der Waals surface area contributed by atoms with Gasteiger partial charge in [-0.2, -0.15) is 0 Å². The van der Waals surface area contributed by atoms with Crippen LogP contribution in [0.1, 0.15) is 28.9 Å². The Balaban J connectivity index is 1.69. The van der Waals surface area contributed by atoms with Gasteiger partial charge in [0.25, 0.3) is 5.91 Å². The van der Waals surface area contributed by atoms with E-state index in [1.54, 1.807) is 6.07 Å². The second kappa shape index (κ2) is 6.20. The second-order valence-electron chi connectivity index (χ2n) is 5.00. The number of hydrogen-bond donors (Lipinski definition) is 2. The Kier molecular flexibility index (Phi) is 4.60. The zero-order valence-corrected chi connectivity index (χ0v) is 11.6. The number of piperidine rings is 1. The Morgan fingerprint density at radius 3 is 2.89 bits per heavy atom. The van der Waals surface area contributed by atoms with Crippen LogP contribution >= 0.6 is 11.3 Å². The van der Waals surface area contributed by atoms with Crippen molar-refractivity contribution in [1.82, 2.24) is 10.2 Å². The number of thiophene rings is 1. The highest BCUT2D eigenvalue weighted by Crippen LogP contribution is 2.20. The van der Waals surface area contributed by atoms with E-state index < -0.39 is 0 Å². The molecule has 18 heavy (non-hydrogen) atoms. The maximum atomic E-state index is 11.8. The van der Waals surface area contributed by atoms with Crippen LogP contribution in [0, 0.1) is 5.92 Å². The number of carbonyl (C=O) groups excluding carboxylic acids is 1. The second-order valence-corrected chi connectivity index (χ2v) is 5.91. The molecular weight excluding hydrogens is 246 g/mol. The molecule has 1 saturated heterocycles. The van der Waals surface area contributed by atoms with Gasteiger partial charge in [-0.3, -0.25) is 4.79 Å². The van der Waals surface area contributed by atoms with E-state index in [0.717, 1.165) is 18.9 Å². The van der Waals surface area contributed by atoms with Crippen LogP contribution in [0.25, 0.3) is 0 Å². The maximum absolute atomic E-state index is 11.8. The highest BCUT2D eigenvalue weighted by Gasteiger charge is 2.17. The van der Waals surface area contributed by atoms with Gasteiger partial charge in [0, 0.05) is 6.54 Å². The van der Waals surface area contributed by atoms with Crippen LogP contribution < -0.4 is 11.1 Å². The lowest BCUT2D eigenvalue weighted by atomic mass is 9.94. The van der Waals surface area contributed by atoms with Crippen molar-refractivity contribution in [3.63, 3.8) is 0 Å². The molecule has 2 heterocycles. The van der Waals surface area contributed by atoms with Crippen molar-refractivity contribution in [1.29, 1.82) is 0 Å². The zero-order valence-electron chi connectivity index (χ0n) is 10.8. The van der Waals surface area contributed by atoms with Gasteiger partial charge in [-0.05, 0) is 56.8 Å². The molecule has 2 rings (SSSR count). The topological polar surface area (TPSA) is 58.4 Å². The Morgan fingerprint density at radius 2 is 2.28 bits per heavy atom. The minimum Gasteiger partial charge on any atom is -0.397 e. The molecule has 5 heteroatoms. The van der Waals surface area contributed by atoms with Crippen LogP contribution in [0.5, 0.6) is 0 Å². The van der Waals surface area contributed by atoms with Gasteiger partial charge >= 0.3 is 0 Å². The van der Waals surface area contributed by atoms with Gasteiger partial charge in [0.2, 0.25) is 0 Å². The molecule has 0 aromatic carbocycles. The van der Waals surface area contributed by atoms with Crippen LogP contribution in [0.2, 0.25) is 0 Å². The molecular formula is C13H21N3OS. The summed E-state index contributed by atoms with van der Waals surface area (Å²) in [5.74, 6) is 0.720. The third kappa shape index (κ3) is 3.46. The van der Waals surface area contributed by atoms with Crippen LogP contribution in [-0.4, -0.2) is 37.5 Å². The van der Waals surface area contributed by atoms with Crippen molar-refractivity contribution < 1.29 is 4.79 Å². The van der Waals surface area contributed by atoms with Gasteiger partial charge in [0.05, 0.1) is 5.69 Å². The Morgan fingerprint density at radius 1 is 1.56 bits per heavy atom. The number of nitrogens with two attached hydrogens (primary N) is 1. The quantitative estimate of drug-likeness (QED) is 0.874. The van der Waals surface area contributed by atoms with Crippen molar-refractivity contribution in [2.45, 2.75) is 19.3 Å². The molecule has 0 bridgehead atoms. The number of amides is 1. The minimum absolute atomic E-state index is 0.0320. The van der Waals surface area contributed by atoms with E-state index in [9.17, 15) is 4.79 Å². The van der Waals surface area contributed by atoms with Gasteiger partial charge in [-0.1, -0.05) is 0 Å². The lowest BCUT2D eigenvalue weighted by molar-refractivity contribution is 0.0954. The summed E-state index contributed by atoms with van der Waals surface area (Å²) in [5.41, 5.74) is 6.30. The van der Waals surface area contributed by atoms with E-state index in [4.69, 9.17) is 5.73 Å². The van der Waals surface area contributed by atoms with Crippen molar-refractivity contribution in [2.24, 2.45) is 5.92 Å². The molecule has 1 aromatic rings. The lowest BCUT2D eigenvalue weighted by Crippen LogP contribution is -2.32. The first-order chi connectivity index (χ1) is 8.66. The molecule has 100 valence electrons. The summed E-state index contributed by atoms with van der Waals surface area (Å²) in [6, 6.07) is 1.77. The van der Waals surface area contributed by atoms with E-state index in [1.165, 1.54) is 37.3 Å². The number of hydrogen-bond acceptors (Lipinski definition) is 4. The fraction of sp³-hybridized carbons (Fsp3) is 0.615. The van der Waals surface area contributed by atoms with Gasteiger partial charge in [-0.25, -0.2) is 0 Å². The first-order valence-corrected chi connectivity index (χ1v) is 7.34. The number of rotatable bonds is 4. The first kappa shape index (κ1) is 13.4. The van der Waals surface area contributed by atoms with Crippen molar-refractivity contribution >= 4 is 22.9 Å². The summed E-state index contributed by atoms with van der Waals surface area (Å²) in [4.78, 5) is 14.8. The molecule has 1 fully saturated rings. The van der Waals surface area contributed by atoms with Gasteiger partial charge < -0.3 is 16.0 Å². The summed E-state index contributed by atoms with van der Waals surface area (Å²) in [5, 5.41) is 4.81. The molecule has 1 aromatic heterocycles. The maximum Gasteiger partial charge on any atom is 0.263 e.